The Morgan fingerprint density at radius 3 is 2.65 bits per heavy atom. The fourth-order valence-corrected chi connectivity index (χ4v) is 3.73. The molecule has 1 aliphatic heterocycles. The SMILES string of the molecule is CCC[C@H](c1nnnn1CCc1ccccc1)N1CCC(C(N)=O)CC1. The van der Waals surface area contributed by atoms with Crippen LogP contribution in [0.15, 0.2) is 30.3 Å². The van der Waals surface area contributed by atoms with Crippen LogP contribution in [0.2, 0.25) is 0 Å². The highest BCUT2D eigenvalue weighted by atomic mass is 16.1. The monoisotopic (exact) mass is 356 g/mol. The van der Waals surface area contributed by atoms with Crippen LogP contribution in [0.5, 0.6) is 0 Å². The minimum atomic E-state index is -0.176. The van der Waals surface area contributed by atoms with Gasteiger partial charge in [0.15, 0.2) is 5.82 Å². The standard InChI is InChI=1S/C19H28N6O/c1-2-6-17(24-12-10-16(11-13-24)18(20)26)19-21-22-23-25(19)14-9-15-7-4-3-5-8-15/h3-5,7-8,16-17H,2,6,9-14H2,1H3,(H2,20,26)/t17-/m1/s1. The Hall–Kier alpha value is -2.28. The quantitative estimate of drug-likeness (QED) is 0.781. The van der Waals surface area contributed by atoms with Crippen LogP contribution in [0.3, 0.4) is 0 Å². The Bertz CT molecular complexity index is 693. The van der Waals surface area contributed by atoms with E-state index >= 15 is 0 Å². The number of tetrazole rings is 1. The van der Waals surface area contributed by atoms with Gasteiger partial charge in [-0.25, -0.2) is 4.68 Å². The van der Waals surface area contributed by atoms with Crippen molar-refractivity contribution in [2.45, 2.75) is 51.6 Å². The molecule has 0 spiro atoms. The molecule has 7 nitrogen and oxygen atoms in total. The second-order valence-corrected chi connectivity index (χ2v) is 7.01. The van der Waals surface area contributed by atoms with E-state index in [-0.39, 0.29) is 17.9 Å². The zero-order chi connectivity index (χ0) is 18.4. The minimum absolute atomic E-state index is 0.00241. The van der Waals surface area contributed by atoms with Crippen molar-refractivity contribution in [2.24, 2.45) is 11.7 Å². The van der Waals surface area contributed by atoms with E-state index in [4.69, 9.17) is 5.73 Å². The molecule has 0 bridgehead atoms. The third-order valence-electron chi connectivity index (χ3n) is 5.25. The number of hydrogen-bond acceptors (Lipinski definition) is 5. The Balaban J connectivity index is 1.69. The molecule has 1 atom stereocenters. The van der Waals surface area contributed by atoms with Crippen molar-refractivity contribution in [3.05, 3.63) is 41.7 Å². The van der Waals surface area contributed by atoms with Crippen LogP contribution in [-0.2, 0) is 17.8 Å². The van der Waals surface area contributed by atoms with Gasteiger partial charge in [0.1, 0.15) is 0 Å². The number of hydrogen-bond donors (Lipinski definition) is 1. The predicted octanol–water partition coefficient (Wildman–Crippen LogP) is 1.95. The van der Waals surface area contributed by atoms with Crippen LogP contribution in [0.4, 0.5) is 0 Å². The van der Waals surface area contributed by atoms with E-state index in [9.17, 15) is 4.79 Å². The van der Waals surface area contributed by atoms with Crippen molar-refractivity contribution in [2.75, 3.05) is 13.1 Å². The van der Waals surface area contributed by atoms with Gasteiger partial charge in [0.25, 0.3) is 0 Å². The van der Waals surface area contributed by atoms with Gasteiger partial charge in [0.05, 0.1) is 6.04 Å². The van der Waals surface area contributed by atoms with Crippen molar-refractivity contribution < 1.29 is 4.79 Å². The second-order valence-electron chi connectivity index (χ2n) is 7.01. The molecule has 1 aromatic carbocycles. The van der Waals surface area contributed by atoms with Crippen LogP contribution in [0, 0.1) is 5.92 Å². The van der Waals surface area contributed by atoms with Crippen LogP contribution in [-0.4, -0.2) is 44.1 Å². The van der Waals surface area contributed by atoms with Gasteiger partial charge in [-0.15, -0.1) is 5.10 Å². The van der Waals surface area contributed by atoms with E-state index in [1.807, 2.05) is 10.7 Å². The maximum absolute atomic E-state index is 11.4. The molecule has 1 saturated heterocycles. The number of carbonyl (C=O) groups is 1. The van der Waals surface area contributed by atoms with Crippen molar-refractivity contribution in [3.63, 3.8) is 0 Å². The summed E-state index contributed by atoms with van der Waals surface area (Å²) in [5, 5.41) is 12.5. The number of nitrogens with two attached hydrogens (primary N) is 1. The fourth-order valence-electron chi connectivity index (χ4n) is 3.73. The molecular weight excluding hydrogens is 328 g/mol. The summed E-state index contributed by atoms with van der Waals surface area (Å²) >= 11 is 0. The van der Waals surface area contributed by atoms with Gasteiger partial charge in [0, 0.05) is 12.5 Å². The first-order chi connectivity index (χ1) is 12.7. The fraction of sp³-hybridized carbons (Fsp3) is 0.579. The Morgan fingerprint density at radius 1 is 1.27 bits per heavy atom. The number of rotatable bonds is 8. The lowest BCUT2D eigenvalue weighted by molar-refractivity contribution is -0.123. The molecule has 0 radical (unpaired) electrons. The highest BCUT2D eigenvalue weighted by molar-refractivity contribution is 5.76. The molecule has 0 aliphatic carbocycles. The summed E-state index contributed by atoms with van der Waals surface area (Å²) in [6, 6.07) is 10.6. The number of aryl methyl sites for hydroxylation is 2. The molecule has 3 rings (SSSR count). The summed E-state index contributed by atoms with van der Waals surface area (Å²) in [4.78, 5) is 13.8. The molecule has 140 valence electrons. The van der Waals surface area contributed by atoms with Crippen LogP contribution >= 0.6 is 0 Å². The van der Waals surface area contributed by atoms with Crippen molar-refractivity contribution >= 4 is 5.91 Å². The van der Waals surface area contributed by atoms with Gasteiger partial charge in [-0.1, -0.05) is 43.7 Å². The van der Waals surface area contributed by atoms with Crippen molar-refractivity contribution in [1.29, 1.82) is 0 Å². The average molecular weight is 356 g/mol. The molecule has 0 unspecified atom stereocenters. The lowest BCUT2D eigenvalue weighted by atomic mass is 9.94. The summed E-state index contributed by atoms with van der Waals surface area (Å²) in [6.07, 6.45) is 4.61. The number of aromatic nitrogens is 4. The topological polar surface area (TPSA) is 89.9 Å². The Kier molecular flexibility index (Phi) is 6.33. The Labute approximate surface area is 154 Å². The first-order valence-electron chi connectivity index (χ1n) is 9.52. The van der Waals surface area contributed by atoms with Crippen LogP contribution in [0.1, 0.15) is 50.0 Å². The zero-order valence-corrected chi connectivity index (χ0v) is 15.4. The lowest BCUT2D eigenvalue weighted by Crippen LogP contribution is -2.41. The first-order valence-corrected chi connectivity index (χ1v) is 9.52. The van der Waals surface area contributed by atoms with Crippen molar-refractivity contribution in [1.82, 2.24) is 25.1 Å². The van der Waals surface area contributed by atoms with Crippen molar-refractivity contribution in [3.8, 4) is 0 Å². The smallest absolute Gasteiger partial charge is 0.220 e. The molecule has 2 aromatic rings. The molecule has 7 heteroatoms. The lowest BCUT2D eigenvalue weighted by Gasteiger charge is -2.36. The van der Waals surface area contributed by atoms with Gasteiger partial charge < -0.3 is 5.73 Å². The van der Waals surface area contributed by atoms with E-state index in [2.05, 4.69) is 51.6 Å². The number of benzene rings is 1. The highest BCUT2D eigenvalue weighted by Crippen LogP contribution is 2.29. The number of carbonyl (C=O) groups excluding carboxylic acids is 1. The van der Waals surface area contributed by atoms with Gasteiger partial charge in [-0.05, 0) is 54.8 Å². The molecule has 1 aromatic heterocycles. The second kappa shape index (κ2) is 8.89. The summed E-state index contributed by atoms with van der Waals surface area (Å²) in [7, 11) is 0. The summed E-state index contributed by atoms with van der Waals surface area (Å²) in [5.41, 5.74) is 6.75. The largest absolute Gasteiger partial charge is 0.369 e. The van der Waals surface area contributed by atoms with E-state index in [0.717, 1.165) is 57.6 Å². The maximum Gasteiger partial charge on any atom is 0.220 e. The van der Waals surface area contributed by atoms with E-state index < -0.39 is 0 Å². The average Bonchev–Trinajstić information content (AvgIpc) is 3.13. The number of amides is 1. The van der Waals surface area contributed by atoms with Crippen LogP contribution < -0.4 is 5.73 Å². The summed E-state index contributed by atoms with van der Waals surface area (Å²) in [5.74, 6) is 0.757. The molecule has 1 amide bonds. The van der Waals surface area contributed by atoms with Crippen LogP contribution in [0.25, 0.3) is 0 Å². The zero-order valence-electron chi connectivity index (χ0n) is 15.4. The number of likely N-dealkylation sites (tertiary alicyclic amines) is 1. The third kappa shape index (κ3) is 4.46. The number of piperidine rings is 1. The number of primary amides is 1. The normalized spacial score (nSPS) is 17.3. The molecule has 2 heterocycles. The first kappa shape index (κ1) is 18.5. The van der Waals surface area contributed by atoms with E-state index in [1.165, 1.54) is 5.56 Å². The molecule has 2 N–H and O–H groups in total. The molecule has 1 fully saturated rings. The third-order valence-corrected chi connectivity index (χ3v) is 5.25. The Morgan fingerprint density at radius 2 is 2.00 bits per heavy atom. The molecular formula is C19H28N6O. The van der Waals surface area contributed by atoms with Gasteiger partial charge in [0.2, 0.25) is 5.91 Å². The van der Waals surface area contributed by atoms with E-state index in [1.54, 1.807) is 0 Å². The van der Waals surface area contributed by atoms with Gasteiger partial charge >= 0.3 is 0 Å². The molecule has 1 aliphatic rings. The number of nitrogens with zero attached hydrogens (tertiary/aromatic N) is 5. The predicted molar refractivity (Wildman–Crippen MR) is 99.1 cm³/mol. The van der Waals surface area contributed by atoms with Gasteiger partial charge in [-0.2, -0.15) is 0 Å². The summed E-state index contributed by atoms with van der Waals surface area (Å²) < 4.78 is 1.94. The van der Waals surface area contributed by atoms with E-state index in [0.29, 0.717) is 0 Å². The minimum Gasteiger partial charge on any atom is -0.369 e. The molecule has 26 heavy (non-hydrogen) atoms. The molecule has 0 saturated carbocycles. The van der Waals surface area contributed by atoms with Gasteiger partial charge in [-0.3, -0.25) is 9.69 Å². The summed E-state index contributed by atoms with van der Waals surface area (Å²) in [6.45, 7) is 4.68. The highest BCUT2D eigenvalue weighted by Gasteiger charge is 2.30. The maximum atomic E-state index is 11.4.